The van der Waals surface area contributed by atoms with Gasteiger partial charge in [0.05, 0.1) is 11.7 Å². The van der Waals surface area contributed by atoms with Gasteiger partial charge in [-0.1, -0.05) is 15.9 Å². The highest BCUT2D eigenvalue weighted by atomic mass is 79.9. The van der Waals surface area contributed by atoms with Crippen molar-refractivity contribution in [2.75, 3.05) is 7.05 Å². The summed E-state index contributed by atoms with van der Waals surface area (Å²) in [5.74, 6) is 0.774. The van der Waals surface area contributed by atoms with Crippen molar-refractivity contribution in [2.24, 2.45) is 0 Å². The SMILES string of the molecule is CNC(C)c1nnnn1-c1ccc(Br)cc1Br. The van der Waals surface area contributed by atoms with Gasteiger partial charge in [-0.3, -0.25) is 0 Å². The molecule has 0 bridgehead atoms. The zero-order valence-electron chi connectivity index (χ0n) is 9.35. The summed E-state index contributed by atoms with van der Waals surface area (Å²) in [5.41, 5.74) is 0.912. The molecule has 0 aliphatic heterocycles. The number of halogens is 2. The van der Waals surface area contributed by atoms with Crippen molar-refractivity contribution >= 4 is 31.9 Å². The van der Waals surface area contributed by atoms with E-state index in [2.05, 4.69) is 52.7 Å². The molecule has 1 N–H and O–H groups in total. The molecule has 1 aromatic heterocycles. The average molecular weight is 361 g/mol. The van der Waals surface area contributed by atoms with Gasteiger partial charge in [0.15, 0.2) is 5.82 Å². The molecule has 17 heavy (non-hydrogen) atoms. The highest BCUT2D eigenvalue weighted by Gasteiger charge is 2.15. The van der Waals surface area contributed by atoms with Crippen LogP contribution in [0.4, 0.5) is 0 Å². The van der Waals surface area contributed by atoms with E-state index in [0.29, 0.717) is 0 Å². The normalized spacial score (nSPS) is 12.7. The number of benzene rings is 1. The van der Waals surface area contributed by atoms with Gasteiger partial charge in [-0.2, -0.15) is 4.68 Å². The molecule has 7 heteroatoms. The molecule has 0 fully saturated rings. The number of aromatic nitrogens is 4. The second kappa shape index (κ2) is 5.24. The Hall–Kier alpha value is -0.790. The Bertz CT molecular complexity index is 525. The van der Waals surface area contributed by atoms with Crippen LogP contribution in [0.25, 0.3) is 5.69 Å². The quantitative estimate of drug-likeness (QED) is 0.913. The fraction of sp³-hybridized carbons (Fsp3) is 0.300. The Morgan fingerprint density at radius 2 is 2.12 bits per heavy atom. The number of hydrogen-bond donors (Lipinski definition) is 1. The minimum atomic E-state index is 0.0838. The lowest BCUT2D eigenvalue weighted by Gasteiger charge is -2.11. The summed E-state index contributed by atoms with van der Waals surface area (Å²) >= 11 is 6.92. The molecule has 1 heterocycles. The van der Waals surface area contributed by atoms with E-state index >= 15 is 0 Å². The molecule has 1 unspecified atom stereocenters. The molecule has 1 atom stereocenters. The average Bonchev–Trinajstić information content (AvgIpc) is 2.77. The van der Waals surface area contributed by atoms with Crippen molar-refractivity contribution < 1.29 is 0 Å². The van der Waals surface area contributed by atoms with Gasteiger partial charge in [-0.05, 0) is 58.5 Å². The highest BCUT2D eigenvalue weighted by molar-refractivity contribution is 9.11. The van der Waals surface area contributed by atoms with Gasteiger partial charge in [-0.15, -0.1) is 5.10 Å². The van der Waals surface area contributed by atoms with E-state index in [0.717, 1.165) is 20.5 Å². The van der Waals surface area contributed by atoms with Crippen molar-refractivity contribution in [1.29, 1.82) is 0 Å². The van der Waals surface area contributed by atoms with Crippen LogP contribution in [-0.4, -0.2) is 27.3 Å². The smallest absolute Gasteiger partial charge is 0.173 e. The van der Waals surface area contributed by atoms with Crippen LogP contribution in [-0.2, 0) is 0 Å². The molecule has 0 spiro atoms. The van der Waals surface area contributed by atoms with Crippen molar-refractivity contribution in [3.63, 3.8) is 0 Å². The van der Waals surface area contributed by atoms with Crippen LogP contribution in [0.2, 0.25) is 0 Å². The number of rotatable bonds is 3. The highest BCUT2D eigenvalue weighted by Crippen LogP contribution is 2.26. The lowest BCUT2D eigenvalue weighted by molar-refractivity contribution is 0.588. The van der Waals surface area contributed by atoms with E-state index in [1.807, 2.05) is 32.2 Å². The van der Waals surface area contributed by atoms with E-state index in [1.54, 1.807) is 4.68 Å². The molecule has 1 aromatic carbocycles. The standard InChI is InChI=1S/C10H11Br2N5/c1-6(13-2)10-14-15-16-17(10)9-4-3-7(11)5-8(9)12/h3-6,13H,1-2H3. The molecule has 0 radical (unpaired) electrons. The molecule has 5 nitrogen and oxygen atoms in total. The predicted octanol–water partition coefficient (Wildman–Crippen LogP) is 2.47. The summed E-state index contributed by atoms with van der Waals surface area (Å²) in [6.45, 7) is 2.01. The maximum absolute atomic E-state index is 4.03. The third kappa shape index (κ3) is 2.56. The molecule has 0 saturated heterocycles. The zero-order chi connectivity index (χ0) is 12.4. The Morgan fingerprint density at radius 1 is 1.35 bits per heavy atom. The van der Waals surface area contributed by atoms with E-state index in [-0.39, 0.29) is 6.04 Å². The fourth-order valence-corrected chi connectivity index (χ4v) is 2.63. The first kappa shape index (κ1) is 12.7. The first-order valence-electron chi connectivity index (χ1n) is 5.04. The lowest BCUT2D eigenvalue weighted by Crippen LogP contribution is -2.18. The number of tetrazole rings is 1. The van der Waals surface area contributed by atoms with Gasteiger partial charge in [-0.25, -0.2) is 0 Å². The van der Waals surface area contributed by atoms with Gasteiger partial charge in [0, 0.05) is 8.95 Å². The van der Waals surface area contributed by atoms with Gasteiger partial charge in [0.1, 0.15) is 0 Å². The minimum Gasteiger partial charge on any atom is -0.311 e. The number of hydrogen-bond acceptors (Lipinski definition) is 4. The molecule has 0 aliphatic rings. The molecule has 0 saturated carbocycles. The maximum Gasteiger partial charge on any atom is 0.173 e. The van der Waals surface area contributed by atoms with E-state index < -0.39 is 0 Å². The summed E-state index contributed by atoms with van der Waals surface area (Å²) in [6.07, 6.45) is 0. The third-order valence-electron chi connectivity index (χ3n) is 2.45. The molecule has 2 rings (SSSR count). The van der Waals surface area contributed by atoms with Gasteiger partial charge < -0.3 is 5.32 Å². The van der Waals surface area contributed by atoms with Gasteiger partial charge in [0.25, 0.3) is 0 Å². The Kier molecular flexibility index (Phi) is 3.90. The van der Waals surface area contributed by atoms with E-state index in [9.17, 15) is 0 Å². The second-order valence-electron chi connectivity index (χ2n) is 3.55. The molecular weight excluding hydrogens is 350 g/mol. The lowest BCUT2D eigenvalue weighted by atomic mass is 10.3. The second-order valence-corrected chi connectivity index (χ2v) is 5.32. The van der Waals surface area contributed by atoms with E-state index in [1.165, 1.54) is 0 Å². The third-order valence-corrected chi connectivity index (χ3v) is 3.58. The zero-order valence-corrected chi connectivity index (χ0v) is 12.5. The summed E-state index contributed by atoms with van der Waals surface area (Å²) in [7, 11) is 1.88. The Balaban J connectivity index is 2.50. The maximum atomic E-state index is 4.03. The van der Waals surface area contributed by atoms with Crippen molar-refractivity contribution in [3.05, 3.63) is 33.0 Å². The monoisotopic (exact) mass is 359 g/mol. The van der Waals surface area contributed by atoms with Crippen LogP contribution in [0.1, 0.15) is 18.8 Å². The molecular formula is C10H11Br2N5. The van der Waals surface area contributed by atoms with Crippen LogP contribution in [0, 0.1) is 0 Å². The summed E-state index contributed by atoms with van der Waals surface area (Å²) < 4.78 is 3.66. The molecule has 2 aromatic rings. The van der Waals surface area contributed by atoms with Crippen molar-refractivity contribution in [3.8, 4) is 5.69 Å². The first-order chi connectivity index (χ1) is 8.13. The summed E-state index contributed by atoms with van der Waals surface area (Å²) in [4.78, 5) is 0. The van der Waals surface area contributed by atoms with Crippen molar-refractivity contribution in [1.82, 2.24) is 25.5 Å². The largest absolute Gasteiger partial charge is 0.311 e. The molecule has 90 valence electrons. The topological polar surface area (TPSA) is 55.6 Å². The Labute approximate surface area is 116 Å². The van der Waals surface area contributed by atoms with Crippen molar-refractivity contribution in [2.45, 2.75) is 13.0 Å². The fourth-order valence-electron chi connectivity index (χ4n) is 1.42. The minimum absolute atomic E-state index is 0.0838. The number of nitrogens with one attached hydrogen (secondary N) is 1. The Morgan fingerprint density at radius 3 is 2.76 bits per heavy atom. The molecule has 0 amide bonds. The van der Waals surface area contributed by atoms with Crippen LogP contribution < -0.4 is 5.32 Å². The van der Waals surface area contributed by atoms with Crippen LogP contribution in [0.3, 0.4) is 0 Å². The van der Waals surface area contributed by atoms with E-state index in [4.69, 9.17) is 0 Å². The van der Waals surface area contributed by atoms with Crippen LogP contribution in [0.5, 0.6) is 0 Å². The molecule has 0 aliphatic carbocycles. The van der Waals surface area contributed by atoms with Crippen LogP contribution in [0.15, 0.2) is 27.1 Å². The predicted molar refractivity (Wildman–Crippen MR) is 72.0 cm³/mol. The summed E-state index contributed by atoms with van der Waals surface area (Å²) in [6, 6.07) is 5.96. The van der Waals surface area contributed by atoms with Gasteiger partial charge in [0.2, 0.25) is 0 Å². The van der Waals surface area contributed by atoms with Crippen LogP contribution >= 0.6 is 31.9 Å². The first-order valence-corrected chi connectivity index (χ1v) is 6.63. The number of nitrogens with zero attached hydrogens (tertiary/aromatic N) is 4. The summed E-state index contributed by atoms with van der Waals surface area (Å²) in [5, 5.41) is 14.9. The van der Waals surface area contributed by atoms with Gasteiger partial charge >= 0.3 is 0 Å².